The first-order chi connectivity index (χ1) is 12.3. The van der Waals surface area contributed by atoms with Crippen LogP contribution in [0.1, 0.15) is 36.1 Å². The smallest absolute Gasteiger partial charge is 0.413 e. The van der Waals surface area contributed by atoms with Gasteiger partial charge in [0.25, 0.3) is 0 Å². The third-order valence-electron chi connectivity index (χ3n) is 3.13. The summed E-state index contributed by atoms with van der Waals surface area (Å²) in [5.74, 6) is -0.281. The molecule has 0 saturated heterocycles. The van der Waals surface area contributed by atoms with E-state index in [1.54, 1.807) is 51.2 Å². The Morgan fingerprint density at radius 2 is 2.04 bits per heavy atom. The van der Waals surface area contributed by atoms with E-state index in [1.807, 2.05) is 0 Å². The van der Waals surface area contributed by atoms with Gasteiger partial charge in [0, 0.05) is 11.8 Å². The predicted molar refractivity (Wildman–Crippen MR) is 97.3 cm³/mol. The monoisotopic (exact) mass is 371 g/mol. The number of aromatic nitrogens is 2. The lowest BCUT2D eigenvalue weighted by Gasteiger charge is -2.18. The molecule has 0 radical (unpaired) electrons. The van der Waals surface area contributed by atoms with E-state index in [-0.39, 0.29) is 10.9 Å². The van der Waals surface area contributed by atoms with Gasteiger partial charge in [-0.3, -0.25) is 15.1 Å². The number of thiazole rings is 1. The van der Waals surface area contributed by atoms with Crippen LogP contribution in [0.2, 0.25) is 0 Å². The Balaban J connectivity index is 1.94. The highest BCUT2D eigenvalue weighted by Crippen LogP contribution is 2.33. The van der Waals surface area contributed by atoms with Crippen molar-refractivity contribution in [1.29, 1.82) is 0 Å². The molecule has 0 spiro atoms. The van der Waals surface area contributed by atoms with Crippen molar-refractivity contribution in [3.63, 3.8) is 0 Å². The molecule has 0 aliphatic carbocycles. The first kappa shape index (κ1) is 17.8. The first-order valence-electron chi connectivity index (χ1n) is 7.82. The molecule has 0 aliphatic rings. The lowest BCUT2D eigenvalue weighted by atomic mass is 10.1. The molecule has 134 valence electrons. The van der Waals surface area contributed by atoms with Gasteiger partial charge in [-0.1, -0.05) is 17.4 Å². The van der Waals surface area contributed by atoms with E-state index in [2.05, 4.69) is 15.3 Å². The fourth-order valence-electron chi connectivity index (χ4n) is 2.13. The molecule has 26 heavy (non-hydrogen) atoms. The van der Waals surface area contributed by atoms with Crippen LogP contribution >= 0.6 is 11.3 Å². The van der Waals surface area contributed by atoms with E-state index in [0.717, 1.165) is 11.3 Å². The topological polar surface area (TPSA) is 94.3 Å². The number of pyridine rings is 1. The molecular weight excluding hydrogens is 354 g/mol. The van der Waals surface area contributed by atoms with Crippen molar-refractivity contribution in [3.05, 3.63) is 53.6 Å². The molecular formula is C18H17N3O4S. The molecule has 1 N–H and O–H groups in total. The number of nitrogens with zero attached hydrogens (tertiary/aromatic N) is 2. The standard InChI is InChI=1S/C18H17N3O4S/c1-18(2,3)25-17(23)21-16-20-13(11-7-9-24-10-11)15(26-16)14(22)12-6-4-5-8-19-12/h4-10H,1-3H3,(H,20,21,23). The number of hydrogen-bond donors (Lipinski definition) is 1. The van der Waals surface area contributed by atoms with Crippen LogP contribution in [0.25, 0.3) is 11.3 Å². The van der Waals surface area contributed by atoms with Crippen LogP contribution in [0.5, 0.6) is 0 Å². The normalized spacial score (nSPS) is 11.2. The van der Waals surface area contributed by atoms with Crippen molar-refractivity contribution in [3.8, 4) is 11.3 Å². The lowest BCUT2D eigenvalue weighted by molar-refractivity contribution is 0.0635. The minimum absolute atomic E-state index is 0.259. The molecule has 0 atom stereocenters. The average Bonchev–Trinajstić information content (AvgIpc) is 3.22. The molecule has 0 bridgehead atoms. The second-order valence-electron chi connectivity index (χ2n) is 6.38. The second kappa shape index (κ2) is 7.09. The number of anilines is 1. The van der Waals surface area contributed by atoms with Crippen molar-refractivity contribution >= 4 is 28.3 Å². The Hall–Kier alpha value is -3.00. The quantitative estimate of drug-likeness (QED) is 0.684. The molecule has 3 rings (SSSR count). The number of carbonyl (C=O) groups is 2. The van der Waals surface area contributed by atoms with E-state index in [0.29, 0.717) is 21.8 Å². The van der Waals surface area contributed by atoms with Gasteiger partial charge in [-0.2, -0.15) is 0 Å². The van der Waals surface area contributed by atoms with Crippen molar-refractivity contribution in [2.75, 3.05) is 5.32 Å². The van der Waals surface area contributed by atoms with Crippen molar-refractivity contribution in [1.82, 2.24) is 9.97 Å². The zero-order valence-electron chi connectivity index (χ0n) is 14.5. The molecule has 7 nitrogen and oxygen atoms in total. The van der Waals surface area contributed by atoms with E-state index in [1.165, 1.54) is 12.5 Å². The Kier molecular flexibility index (Phi) is 4.85. The highest BCUT2D eigenvalue weighted by Gasteiger charge is 2.24. The molecule has 0 saturated carbocycles. The molecule has 0 aromatic carbocycles. The summed E-state index contributed by atoms with van der Waals surface area (Å²) in [6, 6.07) is 6.79. The second-order valence-corrected chi connectivity index (χ2v) is 7.38. The first-order valence-corrected chi connectivity index (χ1v) is 8.64. The molecule has 0 fully saturated rings. The number of rotatable bonds is 4. The highest BCUT2D eigenvalue weighted by molar-refractivity contribution is 7.18. The van der Waals surface area contributed by atoms with E-state index in [4.69, 9.17) is 9.15 Å². The van der Waals surface area contributed by atoms with Gasteiger partial charge in [-0.15, -0.1) is 0 Å². The van der Waals surface area contributed by atoms with Gasteiger partial charge in [0.15, 0.2) is 5.13 Å². The van der Waals surface area contributed by atoms with Gasteiger partial charge >= 0.3 is 6.09 Å². The minimum atomic E-state index is -0.638. The van der Waals surface area contributed by atoms with Gasteiger partial charge in [0.1, 0.15) is 16.2 Å². The molecule has 0 unspecified atom stereocenters. The number of hydrogen-bond acceptors (Lipinski definition) is 7. The van der Waals surface area contributed by atoms with E-state index < -0.39 is 11.7 Å². The van der Waals surface area contributed by atoms with Crippen LogP contribution in [-0.4, -0.2) is 27.4 Å². The zero-order valence-corrected chi connectivity index (χ0v) is 15.3. The summed E-state index contributed by atoms with van der Waals surface area (Å²) in [7, 11) is 0. The van der Waals surface area contributed by atoms with Crippen LogP contribution in [0, 0.1) is 0 Å². The van der Waals surface area contributed by atoms with Gasteiger partial charge in [0.2, 0.25) is 5.78 Å². The molecule has 3 aromatic rings. The van der Waals surface area contributed by atoms with Crippen LogP contribution in [0.15, 0.2) is 47.4 Å². The number of amides is 1. The third-order valence-corrected chi connectivity index (χ3v) is 4.10. The summed E-state index contributed by atoms with van der Waals surface area (Å²) in [6.07, 6.45) is 3.89. The van der Waals surface area contributed by atoms with Crippen LogP contribution < -0.4 is 5.32 Å². The molecule has 0 aliphatic heterocycles. The van der Waals surface area contributed by atoms with Gasteiger partial charge < -0.3 is 9.15 Å². The summed E-state index contributed by atoms with van der Waals surface area (Å²) in [4.78, 5) is 33.6. The van der Waals surface area contributed by atoms with E-state index >= 15 is 0 Å². The highest BCUT2D eigenvalue weighted by atomic mass is 32.1. The minimum Gasteiger partial charge on any atom is -0.472 e. The summed E-state index contributed by atoms with van der Waals surface area (Å²) in [6.45, 7) is 5.30. The van der Waals surface area contributed by atoms with Crippen molar-refractivity contribution in [2.24, 2.45) is 0 Å². The molecule has 8 heteroatoms. The molecule has 3 heterocycles. The molecule has 3 aromatic heterocycles. The maximum atomic E-state index is 12.8. The number of nitrogens with one attached hydrogen (secondary N) is 1. The zero-order chi connectivity index (χ0) is 18.7. The number of carbonyl (C=O) groups excluding carboxylic acids is 2. The Bertz CT molecular complexity index is 912. The maximum absolute atomic E-state index is 12.8. The average molecular weight is 371 g/mol. The van der Waals surface area contributed by atoms with Gasteiger partial charge in [0.05, 0.1) is 18.2 Å². The number of ether oxygens (including phenoxy) is 1. The van der Waals surface area contributed by atoms with Crippen LogP contribution in [0.3, 0.4) is 0 Å². The van der Waals surface area contributed by atoms with Crippen molar-refractivity contribution < 1.29 is 18.7 Å². The van der Waals surface area contributed by atoms with Gasteiger partial charge in [-0.05, 0) is 39.0 Å². The third kappa shape index (κ3) is 4.15. The lowest BCUT2D eigenvalue weighted by Crippen LogP contribution is -2.27. The Morgan fingerprint density at radius 3 is 2.65 bits per heavy atom. The van der Waals surface area contributed by atoms with Crippen LogP contribution in [0.4, 0.5) is 9.93 Å². The Labute approximate surface area is 154 Å². The van der Waals surface area contributed by atoms with Crippen LogP contribution in [-0.2, 0) is 4.74 Å². The van der Waals surface area contributed by atoms with Gasteiger partial charge in [-0.25, -0.2) is 9.78 Å². The van der Waals surface area contributed by atoms with E-state index in [9.17, 15) is 9.59 Å². The SMILES string of the molecule is CC(C)(C)OC(=O)Nc1nc(-c2ccoc2)c(C(=O)c2ccccn2)s1. The number of furan rings is 1. The number of ketones is 1. The Morgan fingerprint density at radius 1 is 1.23 bits per heavy atom. The fraction of sp³-hybridized carbons (Fsp3) is 0.222. The summed E-state index contributed by atoms with van der Waals surface area (Å²) in [5.41, 5.74) is 0.717. The van der Waals surface area contributed by atoms with Crippen molar-refractivity contribution in [2.45, 2.75) is 26.4 Å². The molecule has 1 amide bonds. The summed E-state index contributed by atoms with van der Waals surface area (Å²) in [5, 5.41) is 2.83. The predicted octanol–water partition coefficient (Wildman–Crippen LogP) is 4.38. The summed E-state index contributed by atoms with van der Waals surface area (Å²) < 4.78 is 10.3. The largest absolute Gasteiger partial charge is 0.472 e. The maximum Gasteiger partial charge on any atom is 0.413 e. The summed E-state index contributed by atoms with van der Waals surface area (Å²) >= 11 is 1.06. The fourth-order valence-corrected chi connectivity index (χ4v) is 3.05.